The molecule has 2 heteroatoms. The quantitative estimate of drug-likeness (QED) is 0.512. The van der Waals surface area contributed by atoms with Gasteiger partial charge in [0, 0.05) is 6.08 Å². The van der Waals surface area contributed by atoms with E-state index in [9.17, 15) is 4.79 Å². The van der Waals surface area contributed by atoms with Gasteiger partial charge in [-0.25, -0.2) is 4.79 Å². The van der Waals surface area contributed by atoms with Crippen LogP contribution in [0.4, 0.5) is 0 Å². The van der Waals surface area contributed by atoms with Crippen LogP contribution in [0, 0.1) is 23.7 Å². The fourth-order valence-corrected chi connectivity index (χ4v) is 4.34. The molecule has 0 spiro atoms. The molecule has 3 saturated carbocycles. The van der Waals surface area contributed by atoms with Gasteiger partial charge in [-0.3, -0.25) is 0 Å². The minimum atomic E-state index is -0.234. The van der Waals surface area contributed by atoms with E-state index < -0.39 is 0 Å². The molecule has 2 bridgehead atoms. The Labute approximate surface area is 90.7 Å². The number of esters is 1. The van der Waals surface area contributed by atoms with Gasteiger partial charge in [-0.05, 0) is 49.4 Å². The van der Waals surface area contributed by atoms with Crippen molar-refractivity contribution in [1.82, 2.24) is 0 Å². The van der Waals surface area contributed by atoms with Crippen molar-refractivity contribution >= 4 is 5.97 Å². The lowest BCUT2D eigenvalue weighted by Gasteiger charge is -2.30. The number of rotatable bonds is 2. The molecule has 0 heterocycles. The van der Waals surface area contributed by atoms with Gasteiger partial charge in [0.1, 0.15) is 6.10 Å². The molecule has 3 aliphatic carbocycles. The van der Waals surface area contributed by atoms with Crippen LogP contribution in [0.1, 0.15) is 32.1 Å². The highest BCUT2D eigenvalue weighted by atomic mass is 16.5. The molecule has 0 aliphatic heterocycles. The highest BCUT2D eigenvalue weighted by molar-refractivity contribution is 5.81. The van der Waals surface area contributed by atoms with E-state index in [4.69, 9.17) is 4.74 Å². The number of carbonyl (C=O) groups excluding carboxylic acids is 1. The topological polar surface area (TPSA) is 26.3 Å². The van der Waals surface area contributed by atoms with Gasteiger partial charge in [-0.2, -0.15) is 0 Å². The summed E-state index contributed by atoms with van der Waals surface area (Å²) in [6, 6.07) is 0. The van der Waals surface area contributed by atoms with E-state index in [0.29, 0.717) is 5.92 Å². The normalized spacial score (nSPS) is 46.5. The van der Waals surface area contributed by atoms with Gasteiger partial charge in [0.25, 0.3) is 0 Å². The Bertz CT molecular complexity index is 297. The van der Waals surface area contributed by atoms with Crippen molar-refractivity contribution in [2.45, 2.75) is 38.2 Å². The molecule has 2 nitrogen and oxygen atoms in total. The Hall–Kier alpha value is -0.790. The zero-order chi connectivity index (χ0) is 10.4. The van der Waals surface area contributed by atoms with Crippen molar-refractivity contribution in [1.29, 1.82) is 0 Å². The summed E-state index contributed by atoms with van der Waals surface area (Å²) in [5.41, 5.74) is 0. The maximum absolute atomic E-state index is 11.2. The smallest absolute Gasteiger partial charge is 0.330 e. The maximum Gasteiger partial charge on any atom is 0.330 e. The average Bonchev–Trinajstić information content (AvgIpc) is 2.87. The Balaban J connectivity index is 1.70. The highest BCUT2D eigenvalue weighted by Crippen LogP contribution is 2.59. The second-order valence-corrected chi connectivity index (χ2v) is 5.33. The van der Waals surface area contributed by atoms with Gasteiger partial charge >= 0.3 is 5.97 Å². The molecular formula is C13H18O2. The van der Waals surface area contributed by atoms with Crippen molar-refractivity contribution in [3.63, 3.8) is 0 Å². The summed E-state index contributed by atoms with van der Waals surface area (Å²) in [4.78, 5) is 11.2. The molecule has 0 aromatic carbocycles. The summed E-state index contributed by atoms with van der Waals surface area (Å²) >= 11 is 0. The molecule has 4 unspecified atom stereocenters. The Morgan fingerprint density at radius 1 is 1.20 bits per heavy atom. The van der Waals surface area contributed by atoms with E-state index in [2.05, 4.69) is 6.58 Å². The van der Waals surface area contributed by atoms with Crippen LogP contribution < -0.4 is 0 Å². The van der Waals surface area contributed by atoms with Gasteiger partial charge in [0.15, 0.2) is 0 Å². The van der Waals surface area contributed by atoms with Crippen LogP contribution in [0.25, 0.3) is 0 Å². The zero-order valence-corrected chi connectivity index (χ0v) is 9.02. The zero-order valence-electron chi connectivity index (χ0n) is 9.02. The lowest BCUT2D eigenvalue weighted by Crippen LogP contribution is -2.31. The Morgan fingerprint density at radius 3 is 2.80 bits per heavy atom. The summed E-state index contributed by atoms with van der Waals surface area (Å²) < 4.78 is 5.45. The average molecular weight is 206 g/mol. The third-order valence-corrected chi connectivity index (χ3v) is 4.80. The van der Waals surface area contributed by atoms with Gasteiger partial charge in [-0.1, -0.05) is 13.0 Å². The molecule has 5 atom stereocenters. The molecular weight excluding hydrogens is 188 g/mol. The number of hydrogen-bond donors (Lipinski definition) is 0. The fraction of sp³-hybridized carbons (Fsp3) is 0.769. The van der Waals surface area contributed by atoms with Gasteiger partial charge in [-0.15, -0.1) is 0 Å². The van der Waals surface area contributed by atoms with Crippen LogP contribution in [0.3, 0.4) is 0 Å². The number of carbonyl (C=O) groups is 1. The Morgan fingerprint density at radius 2 is 2.00 bits per heavy atom. The number of ether oxygens (including phenoxy) is 1. The maximum atomic E-state index is 11.2. The van der Waals surface area contributed by atoms with Crippen LogP contribution >= 0.6 is 0 Å². The molecule has 3 aliphatic rings. The largest absolute Gasteiger partial charge is 0.459 e. The van der Waals surface area contributed by atoms with Crippen LogP contribution in [0.15, 0.2) is 12.7 Å². The standard InChI is InChI=1S/C13H18O2/c1-2-13(14)15-12-7-8-6-11(12)10-5-3-4-9(8)10/h2,8-12H,1,3-7H2/t8?,9?,10-,11?,12?/m1/s1. The molecule has 15 heavy (non-hydrogen) atoms. The second-order valence-electron chi connectivity index (χ2n) is 5.33. The third-order valence-electron chi connectivity index (χ3n) is 4.80. The molecule has 3 fully saturated rings. The van der Waals surface area contributed by atoms with E-state index in [0.717, 1.165) is 24.2 Å². The van der Waals surface area contributed by atoms with E-state index in [-0.39, 0.29) is 12.1 Å². The van der Waals surface area contributed by atoms with Crippen molar-refractivity contribution < 1.29 is 9.53 Å². The summed E-state index contributed by atoms with van der Waals surface area (Å²) in [7, 11) is 0. The molecule has 0 N–H and O–H groups in total. The first kappa shape index (κ1) is 9.44. The minimum Gasteiger partial charge on any atom is -0.459 e. The van der Waals surface area contributed by atoms with Gasteiger partial charge in [0.05, 0.1) is 0 Å². The first-order valence-corrected chi connectivity index (χ1v) is 6.12. The first-order chi connectivity index (χ1) is 7.29. The van der Waals surface area contributed by atoms with E-state index in [1.807, 2.05) is 0 Å². The number of hydrogen-bond acceptors (Lipinski definition) is 2. The predicted octanol–water partition coefficient (Wildman–Crippen LogP) is 2.54. The predicted molar refractivity (Wildman–Crippen MR) is 57.1 cm³/mol. The molecule has 0 saturated heterocycles. The van der Waals surface area contributed by atoms with Gasteiger partial charge in [0.2, 0.25) is 0 Å². The first-order valence-electron chi connectivity index (χ1n) is 6.12. The molecule has 0 aromatic heterocycles. The van der Waals surface area contributed by atoms with E-state index in [1.165, 1.54) is 31.8 Å². The lowest BCUT2D eigenvalue weighted by molar-refractivity contribution is -0.146. The van der Waals surface area contributed by atoms with Gasteiger partial charge < -0.3 is 4.74 Å². The monoisotopic (exact) mass is 206 g/mol. The lowest BCUT2D eigenvalue weighted by atomic mass is 9.80. The summed E-state index contributed by atoms with van der Waals surface area (Å²) in [5, 5.41) is 0. The van der Waals surface area contributed by atoms with Crippen molar-refractivity contribution in [3.8, 4) is 0 Å². The summed E-state index contributed by atoms with van der Waals surface area (Å²) in [6.07, 6.45) is 8.11. The SMILES string of the molecule is C=CC(=O)OC1CC2CC1[C@@H]1CCCC21. The number of fused-ring (bicyclic) bond motifs is 5. The highest BCUT2D eigenvalue weighted by Gasteiger charge is 2.54. The third kappa shape index (κ3) is 1.34. The Kier molecular flexibility index (Phi) is 2.11. The van der Waals surface area contributed by atoms with E-state index in [1.54, 1.807) is 0 Å². The van der Waals surface area contributed by atoms with Crippen molar-refractivity contribution in [2.24, 2.45) is 23.7 Å². The molecule has 3 rings (SSSR count). The van der Waals surface area contributed by atoms with Crippen LogP contribution in [0.5, 0.6) is 0 Å². The van der Waals surface area contributed by atoms with Crippen LogP contribution in [-0.2, 0) is 9.53 Å². The second kappa shape index (κ2) is 3.36. The molecule has 0 aromatic rings. The fourth-order valence-electron chi connectivity index (χ4n) is 4.34. The van der Waals surface area contributed by atoms with Crippen molar-refractivity contribution in [3.05, 3.63) is 12.7 Å². The molecule has 0 amide bonds. The molecule has 82 valence electrons. The summed E-state index contributed by atoms with van der Waals surface area (Å²) in [5.74, 6) is 3.12. The van der Waals surface area contributed by atoms with Crippen LogP contribution in [0.2, 0.25) is 0 Å². The summed E-state index contributed by atoms with van der Waals surface area (Å²) in [6.45, 7) is 3.46. The molecule has 0 radical (unpaired) electrons. The van der Waals surface area contributed by atoms with E-state index >= 15 is 0 Å². The minimum absolute atomic E-state index is 0.208. The van der Waals surface area contributed by atoms with Crippen molar-refractivity contribution in [2.75, 3.05) is 0 Å². The van der Waals surface area contributed by atoms with Crippen LogP contribution in [-0.4, -0.2) is 12.1 Å².